The minimum absolute atomic E-state index is 0.518. The van der Waals surface area contributed by atoms with Crippen LogP contribution < -0.4 is 10.6 Å². The van der Waals surface area contributed by atoms with Crippen molar-refractivity contribution in [2.24, 2.45) is 5.92 Å². The number of halogens is 1. The summed E-state index contributed by atoms with van der Waals surface area (Å²) in [5, 5.41) is 16.8. The minimum Gasteiger partial charge on any atom is -0.382 e. The fourth-order valence-electron chi connectivity index (χ4n) is 3.80. The Bertz CT molecular complexity index is 531. The fourth-order valence-corrected chi connectivity index (χ4v) is 4.03. The summed E-state index contributed by atoms with van der Waals surface area (Å²) in [6, 6.07) is 8.93. The highest BCUT2D eigenvalue weighted by molar-refractivity contribution is 6.32. The summed E-state index contributed by atoms with van der Waals surface area (Å²) in [7, 11) is 0. The van der Waals surface area contributed by atoms with E-state index in [4.69, 9.17) is 16.9 Å². The summed E-state index contributed by atoms with van der Waals surface area (Å²) in [5.74, 6) is 0.708. The summed E-state index contributed by atoms with van der Waals surface area (Å²) in [4.78, 5) is 0. The number of piperidine rings is 1. The molecule has 1 aromatic carbocycles. The minimum atomic E-state index is 0.518. The number of rotatable bonds is 3. The van der Waals surface area contributed by atoms with Gasteiger partial charge >= 0.3 is 0 Å². The molecule has 0 bridgehead atoms. The highest BCUT2D eigenvalue weighted by Crippen LogP contribution is 2.34. The van der Waals surface area contributed by atoms with Gasteiger partial charge in [0.2, 0.25) is 0 Å². The number of benzene rings is 1. The SMILES string of the molecule is N#Cc1ccc(NC2CCCC2C2CCCCN2)cc1Cl. The maximum absolute atomic E-state index is 8.94. The monoisotopic (exact) mass is 303 g/mol. The van der Waals surface area contributed by atoms with Gasteiger partial charge in [-0.2, -0.15) is 5.26 Å². The molecule has 3 rings (SSSR count). The van der Waals surface area contributed by atoms with Crippen molar-refractivity contribution in [3.8, 4) is 6.07 Å². The lowest BCUT2D eigenvalue weighted by atomic mass is 9.88. The first-order chi connectivity index (χ1) is 10.3. The molecule has 1 aliphatic carbocycles. The molecule has 0 radical (unpaired) electrons. The summed E-state index contributed by atoms with van der Waals surface area (Å²) < 4.78 is 0. The topological polar surface area (TPSA) is 47.9 Å². The van der Waals surface area contributed by atoms with E-state index in [2.05, 4.69) is 16.7 Å². The van der Waals surface area contributed by atoms with Crippen molar-refractivity contribution in [1.29, 1.82) is 5.26 Å². The molecule has 1 saturated carbocycles. The Morgan fingerprint density at radius 3 is 2.81 bits per heavy atom. The van der Waals surface area contributed by atoms with Crippen molar-refractivity contribution in [3.05, 3.63) is 28.8 Å². The smallest absolute Gasteiger partial charge is 0.101 e. The van der Waals surface area contributed by atoms with Crippen LogP contribution >= 0.6 is 11.6 Å². The molecule has 1 saturated heterocycles. The van der Waals surface area contributed by atoms with E-state index in [1.807, 2.05) is 12.1 Å². The lowest BCUT2D eigenvalue weighted by Gasteiger charge is -2.33. The number of nitriles is 1. The number of hydrogen-bond acceptors (Lipinski definition) is 3. The maximum Gasteiger partial charge on any atom is 0.101 e. The zero-order valence-corrected chi connectivity index (χ0v) is 13.0. The Labute approximate surface area is 131 Å². The second kappa shape index (κ2) is 6.68. The van der Waals surface area contributed by atoms with Crippen molar-refractivity contribution in [2.45, 2.75) is 50.6 Å². The average Bonchev–Trinajstić information content (AvgIpc) is 2.96. The molecule has 112 valence electrons. The van der Waals surface area contributed by atoms with Crippen LogP contribution in [0.25, 0.3) is 0 Å². The third-order valence-corrected chi connectivity index (χ3v) is 5.19. The standard InChI is InChI=1S/C17H22ClN3/c18-15-10-13(8-7-12(15)11-19)21-17-6-3-4-14(17)16-5-1-2-9-20-16/h7-8,10,14,16-17,20-21H,1-6,9H2. The Morgan fingerprint density at radius 2 is 2.10 bits per heavy atom. The van der Waals surface area contributed by atoms with Crippen LogP contribution in [0.1, 0.15) is 44.1 Å². The predicted molar refractivity (Wildman–Crippen MR) is 86.6 cm³/mol. The van der Waals surface area contributed by atoms with Gasteiger partial charge in [0.15, 0.2) is 0 Å². The lowest BCUT2D eigenvalue weighted by Crippen LogP contribution is -2.44. The van der Waals surface area contributed by atoms with E-state index in [0.29, 0.717) is 28.6 Å². The van der Waals surface area contributed by atoms with Gasteiger partial charge in [-0.25, -0.2) is 0 Å². The maximum atomic E-state index is 8.94. The number of nitrogens with zero attached hydrogens (tertiary/aromatic N) is 1. The molecule has 1 aromatic rings. The van der Waals surface area contributed by atoms with E-state index < -0.39 is 0 Å². The van der Waals surface area contributed by atoms with Gasteiger partial charge < -0.3 is 10.6 Å². The van der Waals surface area contributed by atoms with Gasteiger partial charge in [-0.15, -0.1) is 0 Å². The lowest BCUT2D eigenvalue weighted by molar-refractivity contribution is 0.286. The van der Waals surface area contributed by atoms with Gasteiger partial charge in [-0.3, -0.25) is 0 Å². The number of anilines is 1. The Kier molecular flexibility index (Phi) is 4.67. The summed E-state index contributed by atoms with van der Waals surface area (Å²) in [6.45, 7) is 1.16. The predicted octanol–water partition coefficient (Wildman–Crippen LogP) is 3.93. The van der Waals surface area contributed by atoms with Crippen LogP contribution in [0, 0.1) is 17.2 Å². The van der Waals surface area contributed by atoms with Gasteiger partial charge in [0.1, 0.15) is 6.07 Å². The van der Waals surface area contributed by atoms with Crippen molar-refractivity contribution in [1.82, 2.24) is 5.32 Å². The zero-order chi connectivity index (χ0) is 14.7. The number of hydrogen-bond donors (Lipinski definition) is 2. The largest absolute Gasteiger partial charge is 0.382 e. The Morgan fingerprint density at radius 1 is 1.19 bits per heavy atom. The van der Waals surface area contributed by atoms with E-state index in [-0.39, 0.29) is 0 Å². The van der Waals surface area contributed by atoms with Crippen molar-refractivity contribution in [3.63, 3.8) is 0 Å². The Hall–Kier alpha value is -1.24. The molecule has 0 aromatic heterocycles. The van der Waals surface area contributed by atoms with E-state index in [9.17, 15) is 0 Å². The molecule has 0 amide bonds. The van der Waals surface area contributed by atoms with Crippen LogP contribution in [0.4, 0.5) is 5.69 Å². The number of nitrogens with one attached hydrogen (secondary N) is 2. The quantitative estimate of drug-likeness (QED) is 0.889. The van der Waals surface area contributed by atoms with Crippen LogP contribution in [-0.4, -0.2) is 18.6 Å². The highest BCUT2D eigenvalue weighted by Gasteiger charge is 2.34. The average molecular weight is 304 g/mol. The second-order valence-corrected chi connectivity index (χ2v) is 6.62. The summed E-state index contributed by atoms with van der Waals surface area (Å²) >= 11 is 6.13. The third kappa shape index (κ3) is 3.33. The molecule has 3 unspecified atom stereocenters. The Balaban J connectivity index is 1.68. The van der Waals surface area contributed by atoms with E-state index in [1.54, 1.807) is 6.07 Å². The van der Waals surface area contributed by atoms with Crippen molar-refractivity contribution < 1.29 is 0 Å². The van der Waals surface area contributed by atoms with E-state index in [0.717, 1.165) is 12.2 Å². The van der Waals surface area contributed by atoms with Crippen molar-refractivity contribution >= 4 is 17.3 Å². The first-order valence-corrected chi connectivity index (χ1v) is 8.35. The molecular weight excluding hydrogens is 282 g/mol. The molecule has 3 atom stereocenters. The molecule has 21 heavy (non-hydrogen) atoms. The normalized spacial score (nSPS) is 29.0. The van der Waals surface area contributed by atoms with Crippen LogP contribution in [-0.2, 0) is 0 Å². The van der Waals surface area contributed by atoms with Gasteiger partial charge in [-0.1, -0.05) is 24.4 Å². The van der Waals surface area contributed by atoms with Crippen LogP contribution in [0.3, 0.4) is 0 Å². The fraction of sp³-hybridized carbons (Fsp3) is 0.588. The van der Waals surface area contributed by atoms with E-state index in [1.165, 1.54) is 38.5 Å². The molecule has 2 N–H and O–H groups in total. The highest BCUT2D eigenvalue weighted by atomic mass is 35.5. The first kappa shape index (κ1) is 14.7. The second-order valence-electron chi connectivity index (χ2n) is 6.21. The molecule has 2 aliphatic rings. The zero-order valence-electron chi connectivity index (χ0n) is 12.2. The van der Waals surface area contributed by atoms with Crippen LogP contribution in [0.15, 0.2) is 18.2 Å². The molecular formula is C17H22ClN3. The van der Waals surface area contributed by atoms with Crippen LogP contribution in [0.5, 0.6) is 0 Å². The third-order valence-electron chi connectivity index (χ3n) is 4.88. The summed E-state index contributed by atoms with van der Waals surface area (Å²) in [5.41, 5.74) is 1.57. The van der Waals surface area contributed by atoms with E-state index >= 15 is 0 Å². The molecule has 1 aliphatic heterocycles. The van der Waals surface area contributed by atoms with Gasteiger partial charge in [0.05, 0.1) is 10.6 Å². The van der Waals surface area contributed by atoms with Crippen molar-refractivity contribution in [2.75, 3.05) is 11.9 Å². The molecule has 4 heteroatoms. The summed E-state index contributed by atoms with van der Waals surface area (Å²) in [6.07, 6.45) is 7.79. The van der Waals surface area contributed by atoms with Crippen LogP contribution in [0.2, 0.25) is 5.02 Å². The molecule has 0 spiro atoms. The van der Waals surface area contributed by atoms with Gasteiger partial charge in [0.25, 0.3) is 0 Å². The van der Waals surface area contributed by atoms with Gasteiger partial charge in [-0.05, 0) is 56.3 Å². The first-order valence-electron chi connectivity index (χ1n) is 7.97. The molecule has 3 nitrogen and oxygen atoms in total. The molecule has 1 heterocycles. The molecule has 2 fully saturated rings. The van der Waals surface area contributed by atoms with Gasteiger partial charge in [0, 0.05) is 17.8 Å².